The fourth-order valence-corrected chi connectivity index (χ4v) is 4.32. The zero-order valence-corrected chi connectivity index (χ0v) is 19.2. The Bertz CT molecular complexity index is 1680. The number of halogens is 3. The first-order chi connectivity index (χ1) is 22.7. The summed E-state index contributed by atoms with van der Waals surface area (Å²) in [4.78, 5) is 14.6. The molecule has 1 amide bonds. The van der Waals surface area contributed by atoms with Crippen molar-refractivity contribution in [3.8, 4) is 11.5 Å². The van der Waals surface area contributed by atoms with Crippen LogP contribution in [0.15, 0.2) is 66.7 Å². The van der Waals surface area contributed by atoms with Crippen molar-refractivity contribution in [2.45, 2.75) is 37.5 Å². The van der Waals surface area contributed by atoms with Crippen molar-refractivity contribution in [1.29, 1.82) is 0 Å². The summed E-state index contributed by atoms with van der Waals surface area (Å²) < 4.78 is 155. The third-order valence-corrected chi connectivity index (χ3v) is 6.10. The summed E-state index contributed by atoms with van der Waals surface area (Å²) in [7, 11) is -6.38. The highest BCUT2D eigenvalue weighted by Crippen LogP contribution is 2.43. The molecule has 0 aliphatic carbocycles. The predicted molar refractivity (Wildman–Crippen MR) is 136 cm³/mol. The highest BCUT2D eigenvalue weighted by Gasteiger charge is 2.37. The van der Waals surface area contributed by atoms with Crippen LogP contribution in [0.1, 0.15) is 64.1 Å². The third-order valence-electron chi connectivity index (χ3n) is 6.10. The lowest BCUT2D eigenvalue weighted by atomic mass is 9.86. The third kappa shape index (κ3) is 5.74. The van der Waals surface area contributed by atoms with Crippen LogP contribution in [0.4, 0.5) is 13.2 Å². The van der Waals surface area contributed by atoms with Gasteiger partial charge in [0.05, 0.1) is 27.9 Å². The van der Waals surface area contributed by atoms with Crippen LogP contribution in [0, 0.1) is 0 Å². The van der Waals surface area contributed by atoms with Gasteiger partial charge >= 0.3 is 6.18 Å². The number of nitrogens with zero attached hydrogens (tertiary/aromatic N) is 1. The fourth-order valence-electron chi connectivity index (χ4n) is 4.32. The van der Waals surface area contributed by atoms with E-state index in [2.05, 4.69) is 0 Å². The van der Waals surface area contributed by atoms with Crippen LogP contribution in [0.3, 0.4) is 0 Å². The number of hydrogen-bond acceptors (Lipinski definition) is 4. The number of benzene rings is 3. The fraction of sp³-hybridized carbons (Fsp3) is 0.345. The Balaban J connectivity index is 2.01. The van der Waals surface area contributed by atoms with Gasteiger partial charge in [-0.2, -0.15) is 13.2 Å². The lowest BCUT2D eigenvalue weighted by molar-refractivity contribution is -0.137. The van der Waals surface area contributed by atoms with Gasteiger partial charge in [0, 0.05) is 29.1 Å². The molecule has 1 aliphatic heterocycles. The number of methoxy groups -OCH3 is 2. The zero-order chi connectivity index (χ0) is 37.7. The number of nitrogens with one attached hydrogen (secondary N) is 1. The van der Waals surface area contributed by atoms with Gasteiger partial charge in [0.25, 0.3) is 0 Å². The van der Waals surface area contributed by atoms with Gasteiger partial charge in [-0.3, -0.25) is 9.69 Å². The van der Waals surface area contributed by atoms with Crippen molar-refractivity contribution in [3.05, 3.63) is 94.5 Å². The molecule has 4 rings (SSSR count). The van der Waals surface area contributed by atoms with Crippen molar-refractivity contribution in [1.82, 2.24) is 10.2 Å². The standard InChI is InChI=1S/C29H31F3N2O3/c1-33-28(35)27(20-7-5-4-6-8-20)34-16-15-21-17-25(36-2)26(37-3)18-23(21)24(34)14-11-19-9-12-22(13-10-19)29(30,31)32/h4-10,12-13,17-18,24,27H,11,14-16H2,1-3H3,(H,33,35)/t24-,27+/m0/s1/i1D3,2D3,3D3,15D2,16D2. The Labute approximate surface area is 233 Å². The molecule has 0 radical (unpaired) electrons. The van der Waals surface area contributed by atoms with Gasteiger partial charge in [-0.15, -0.1) is 0 Å². The van der Waals surface area contributed by atoms with E-state index in [9.17, 15) is 20.7 Å². The summed E-state index contributed by atoms with van der Waals surface area (Å²) in [5.41, 5.74) is -1.27. The Kier molecular flexibility index (Phi) is 4.39. The molecule has 0 spiro atoms. The van der Waals surface area contributed by atoms with Gasteiger partial charge in [0.15, 0.2) is 11.5 Å². The molecule has 5 nitrogen and oxygen atoms in total. The lowest BCUT2D eigenvalue weighted by Crippen LogP contribution is -2.44. The molecule has 1 heterocycles. The van der Waals surface area contributed by atoms with Crippen molar-refractivity contribution in [2.24, 2.45) is 0 Å². The van der Waals surface area contributed by atoms with Crippen LogP contribution in [-0.4, -0.2) is 38.4 Å². The molecule has 0 fully saturated rings. The zero-order valence-electron chi connectivity index (χ0n) is 32.2. The number of rotatable bonds is 8. The number of fused-ring (bicyclic) bond motifs is 1. The van der Waals surface area contributed by atoms with Crippen molar-refractivity contribution in [2.75, 3.05) is 27.5 Å². The molecule has 37 heavy (non-hydrogen) atoms. The van der Waals surface area contributed by atoms with Gasteiger partial charge in [-0.05, 0) is 65.7 Å². The first-order valence-electron chi connectivity index (χ1n) is 17.6. The molecule has 1 aliphatic rings. The molecule has 3 aromatic rings. The summed E-state index contributed by atoms with van der Waals surface area (Å²) in [5.74, 6) is -2.70. The normalized spacial score (nSPS) is 25.5. The van der Waals surface area contributed by atoms with Crippen LogP contribution in [-0.2, 0) is 23.8 Å². The molecule has 0 bridgehead atoms. The van der Waals surface area contributed by atoms with Crippen molar-refractivity contribution >= 4 is 5.91 Å². The summed E-state index contributed by atoms with van der Waals surface area (Å²) >= 11 is 0. The minimum atomic E-state index is -4.63. The van der Waals surface area contributed by atoms with Crippen LogP contribution in [0.5, 0.6) is 11.5 Å². The van der Waals surface area contributed by atoms with E-state index in [-0.39, 0.29) is 24.0 Å². The van der Waals surface area contributed by atoms with E-state index in [1.165, 1.54) is 36.4 Å². The topological polar surface area (TPSA) is 50.8 Å². The van der Waals surface area contributed by atoms with Crippen LogP contribution < -0.4 is 14.8 Å². The Hall–Kier alpha value is -3.52. The predicted octanol–water partition coefficient (Wildman–Crippen LogP) is 5.74. The monoisotopic (exact) mass is 525 g/mol. The molecule has 0 saturated heterocycles. The average molecular weight is 526 g/mol. The van der Waals surface area contributed by atoms with E-state index in [0.29, 0.717) is 5.56 Å². The maximum absolute atomic E-state index is 13.8. The highest BCUT2D eigenvalue weighted by atomic mass is 19.4. The van der Waals surface area contributed by atoms with E-state index in [0.717, 1.165) is 29.2 Å². The minimum absolute atomic E-state index is 0.0400. The number of amides is 1. The van der Waals surface area contributed by atoms with Gasteiger partial charge in [0.2, 0.25) is 5.91 Å². The molecule has 2 atom stereocenters. The number of alkyl halides is 3. The van der Waals surface area contributed by atoms with E-state index in [1.807, 2.05) is 5.32 Å². The lowest BCUT2D eigenvalue weighted by Gasteiger charge is -2.42. The second kappa shape index (κ2) is 11.3. The van der Waals surface area contributed by atoms with Gasteiger partial charge < -0.3 is 14.8 Å². The minimum Gasteiger partial charge on any atom is -0.493 e. The number of carbonyl (C=O) groups excluding carboxylic acids is 1. The second-order valence-corrected chi connectivity index (χ2v) is 8.29. The average Bonchev–Trinajstić information content (AvgIpc) is 2.94. The molecule has 0 unspecified atom stereocenters. The highest BCUT2D eigenvalue weighted by molar-refractivity contribution is 5.83. The Morgan fingerprint density at radius 2 is 1.81 bits per heavy atom. The van der Waals surface area contributed by atoms with Crippen molar-refractivity contribution < 1.29 is 45.3 Å². The molecule has 8 heteroatoms. The Morgan fingerprint density at radius 3 is 2.46 bits per heavy atom. The summed E-state index contributed by atoms with van der Waals surface area (Å²) in [5, 5.41) is 1.84. The number of ether oxygens (including phenoxy) is 2. The molecule has 196 valence electrons. The van der Waals surface area contributed by atoms with Crippen LogP contribution in [0.25, 0.3) is 0 Å². The summed E-state index contributed by atoms with van der Waals surface area (Å²) in [6.07, 6.45) is -8.13. The molecule has 3 aromatic carbocycles. The van der Waals surface area contributed by atoms with Crippen LogP contribution in [0.2, 0.25) is 0 Å². The maximum Gasteiger partial charge on any atom is 0.416 e. The molecular formula is C29H31F3N2O3. The second-order valence-electron chi connectivity index (χ2n) is 8.29. The van der Waals surface area contributed by atoms with Gasteiger partial charge in [-0.25, -0.2) is 0 Å². The quantitative estimate of drug-likeness (QED) is 0.407. The SMILES string of the molecule is [2H]C([2H])([2H])NC(=O)[C@@H](c1ccccc1)N1[C@@H](CCc2ccc(C(F)(F)F)cc2)c2cc(OC([2H])([2H])[2H])c(OC([2H])([2H])[2H])cc2C([2H])([2H])C1([2H])[2H]. The number of aryl methyl sites for hydroxylation is 2. The van der Waals surface area contributed by atoms with Crippen molar-refractivity contribution in [3.63, 3.8) is 0 Å². The Morgan fingerprint density at radius 1 is 1.11 bits per heavy atom. The molecular weight excluding hydrogens is 481 g/mol. The summed E-state index contributed by atoms with van der Waals surface area (Å²) in [6.45, 7) is -6.28. The van der Waals surface area contributed by atoms with Gasteiger partial charge in [0.1, 0.15) is 6.04 Å². The molecule has 0 aromatic heterocycles. The van der Waals surface area contributed by atoms with Crippen LogP contribution >= 0.6 is 0 Å². The maximum atomic E-state index is 13.8. The number of carbonyl (C=O) groups is 1. The molecule has 0 saturated carbocycles. The first kappa shape index (κ1) is 14.4. The van der Waals surface area contributed by atoms with E-state index < -0.39 is 80.7 Å². The summed E-state index contributed by atoms with van der Waals surface area (Å²) in [6, 6.07) is 9.75. The van der Waals surface area contributed by atoms with E-state index >= 15 is 0 Å². The molecule has 1 N–H and O–H groups in total. The van der Waals surface area contributed by atoms with E-state index in [4.69, 9.17) is 24.6 Å². The van der Waals surface area contributed by atoms with E-state index in [1.54, 1.807) is 6.07 Å². The smallest absolute Gasteiger partial charge is 0.416 e. The van der Waals surface area contributed by atoms with Gasteiger partial charge in [-0.1, -0.05) is 42.5 Å². The number of hydrogen-bond donors (Lipinski definition) is 1. The number of likely N-dealkylation sites (N-methyl/N-ethyl adjacent to an activating group) is 1. The first-order valence-corrected chi connectivity index (χ1v) is 11.1. The largest absolute Gasteiger partial charge is 0.493 e.